The van der Waals surface area contributed by atoms with Crippen LogP contribution in [0.15, 0.2) is 60.7 Å². The lowest BCUT2D eigenvalue weighted by Gasteiger charge is -2.04. The molecule has 0 unspecified atom stereocenters. The lowest BCUT2D eigenvalue weighted by atomic mass is 9.99. The zero-order chi connectivity index (χ0) is 13.2. The summed E-state index contributed by atoms with van der Waals surface area (Å²) in [5.41, 5.74) is 5.41. The molecule has 0 saturated carbocycles. The van der Waals surface area contributed by atoms with Crippen molar-refractivity contribution in [3.63, 3.8) is 0 Å². The van der Waals surface area contributed by atoms with E-state index in [0.717, 1.165) is 0 Å². The molecule has 0 atom stereocenters. The van der Waals surface area contributed by atoms with E-state index in [1.807, 2.05) is 11.3 Å². The Morgan fingerprint density at radius 2 is 1.21 bits per heavy atom. The van der Waals surface area contributed by atoms with Crippen molar-refractivity contribution in [2.24, 2.45) is 0 Å². The second kappa shape index (κ2) is 5.02. The van der Waals surface area contributed by atoms with E-state index in [-0.39, 0.29) is 0 Å². The maximum Gasteiger partial charge on any atom is 0.0381 e. The molecule has 3 aromatic rings. The van der Waals surface area contributed by atoms with Gasteiger partial charge < -0.3 is 0 Å². The second-order valence-corrected chi connectivity index (χ2v) is 5.94. The van der Waals surface area contributed by atoms with E-state index >= 15 is 0 Å². The van der Waals surface area contributed by atoms with Crippen LogP contribution in [-0.2, 0) is 0 Å². The molecule has 19 heavy (non-hydrogen) atoms. The Kier molecular flexibility index (Phi) is 3.22. The standard InChI is InChI=1S/C18H16S/c1-13-17(15-9-5-3-6-10-15)14(2)19-18(13)16-11-7-4-8-12-16/h3-12H,1-2H3. The minimum Gasteiger partial charge on any atom is -0.140 e. The SMILES string of the molecule is Cc1sc(-c2ccccc2)c(C)c1-c1ccccc1. The monoisotopic (exact) mass is 264 g/mol. The van der Waals surface area contributed by atoms with Gasteiger partial charge in [0.2, 0.25) is 0 Å². The van der Waals surface area contributed by atoms with Gasteiger partial charge in [-0.25, -0.2) is 0 Å². The molecular formula is C18H16S. The van der Waals surface area contributed by atoms with E-state index in [1.54, 1.807) is 0 Å². The van der Waals surface area contributed by atoms with E-state index in [0.29, 0.717) is 0 Å². The van der Waals surface area contributed by atoms with Crippen molar-refractivity contribution in [3.8, 4) is 21.6 Å². The summed E-state index contributed by atoms with van der Waals surface area (Å²) in [5.74, 6) is 0. The molecule has 0 bridgehead atoms. The fourth-order valence-electron chi connectivity index (χ4n) is 2.55. The first-order valence-electron chi connectivity index (χ1n) is 6.48. The first-order chi connectivity index (χ1) is 9.27. The first kappa shape index (κ1) is 12.2. The van der Waals surface area contributed by atoms with E-state index in [2.05, 4.69) is 74.5 Å². The molecule has 1 aromatic heterocycles. The molecule has 0 radical (unpaired) electrons. The molecule has 94 valence electrons. The molecule has 3 rings (SSSR count). The van der Waals surface area contributed by atoms with Crippen molar-refractivity contribution in [2.75, 3.05) is 0 Å². The average Bonchev–Trinajstić information content (AvgIpc) is 2.76. The van der Waals surface area contributed by atoms with E-state index < -0.39 is 0 Å². The van der Waals surface area contributed by atoms with E-state index in [4.69, 9.17) is 0 Å². The molecule has 1 heteroatoms. The van der Waals surface area contributed by atoms with Crippen molar-refractivity contribution in [1.82, 2.24) is 0 Å². The highest BCUT2D eigenvalue weighted by Crippen LogP contribution is 2.41. The van der Waals surface area contributed by atoms with Crippen molar-refractivity contribution in [1.29, 1.82) is 0 Å². The zero-order valence-corrected chi connectivity index (χ0v) is 12.0. The summed E-state index contributed by atoms with van der Waals surface area (Å²) in [6.45, 7) is 4.45. The summed E-state index contributed by atoms with van der Waals surface area (Å²) in [7, 11) is 0. The predicted octanol–water partition coefficient (Wildman–Crippen LogP) is 5.70. The van der Waals surface area contributed by atoms with E-state index in [1.165, 1.54) is 32.0 Å². The Labute approximate surface area is 118 Å². The van der Waals surface area contributed by atoms with Crippen LogP contribution in [-0.4, -0.2) is 0 Å². The lowest BCUT2D eigenvalue weighted by molar-refractivity contribution is 1.48. The van der Waals surface area contributed by atoms with Gasteiger partial charge in [0.05, 0.1) is 0 Å². The van der Waals surface area contributed by atoms with Crippen molar-refractivity contribution < 1.29 is 0 Å². The van der Waals surface area contributed by atoms with Gasteiger partial charge in [-0.3, -0.25) is 0 Å². The van der Waals surface area contributed by atoms with Crippen LogP contribution in [0.1, 0.15) is 10.4 Å². The number of rotatable bonds is 2. The smallest absolute Gasteiger partial charge is 0.0381 e. The van der Waals surface area contributed by atoms with Crippen molar-refractivity contribution in [3.05, 3.63) is 71.1 Å². The van der Waals surface area contributed by atoms with Crippen LogP contribution in [0.4, 0.5) is 0 Å². The third-order valence-electron chi connectivity index (χ3n) is 3.42. The van der Waals surface area contributed by atoms with Gasteiger partial charge in [-0.2, -0.15) is 0 Å². The fraction of sp³-hybridized carbons (Fsp3) is 0.111. The Balaban J connectivity index is 2.17. The summed E-state index contributed by atoms with van der Waals surface area (Å²) in [6, 6.07) is 21.3. The predicted molar refractivity (Wildman–Crippen MR) is 84.7 cm³/mol. The van der Waals surface area contributed by atoms with Gasteiger partial charge in [-0.1, -0.05) is 60.7 Å². The maximum atomic E-state index is 2.23. The zero-order valence-electron chi connectivity index (χ0n) is 11.2. The van der Waals surface area contributed by atoms with Crippen LogP contribution in [0.5, 0.6) is 0 Å². The largest absolute Gasteiger partial charge is 0.140 e. The number of hydrogen-bond acceptors (Lipinski definition) is 1. The number of thiophene rings is 1. The van der Waals surface area contributed by atoms with Crippen LogP contribution >= 0.6 is 11.3 Å². The summed E-state index contributed by atoms with van der Waals surface area (Å²) < 4.78 is 0. The second-order valence-electron chi connectivity index (χ2n) is 4.72. The number of aryl methyl sites for hydroxylation is 1. The molecule has 0 aliphatic carbocycles. The highest BCUT2D eigenvalue weighted by atomic mass is 32.1. The minimum atomic E-state index is 1.32. The molecule has 1 heterocycles. The molecule has 0 amide bonds. The molecule has 0 aliphatic heterocycles. The molecule has 0 saturated heterocycles. The Morgan fingerprint density at radius 3 is 1.79 bits per heavy atom. The van der Waals surface area contributed by atoms with Crippen molar-refractivity contribution >= 4 is 11.3 Å². The Hall–Kier alpha value is -1.86. The summed E-state index contributed by atoms with van der Waals surface area (Å²) >= 11 is 1.89. The normalized spacial score (nSPS) is 10.6. The van der Waals surface area contributed by atoms with Gasteiger partial charge in [0.25, 0.3) is 0 Å². The summed E-state index contributed by atoms with van der Waals surface area (Å²) in [6.07, 6.45) is 0. The number of hydrogen-bond donors (Lipinski definition) is 0. The summed E-state index contributed by atoms with van der Waals surface area (Å²) in [5, 5.41) is 0. The maximum absolute atomic E-state index is 2.23. The fourth-order valence-corrected chi connectivity index (χ4v) is 3.74. The van der Waals surface area contributed by atoms with Gasteiger partial charge in [0.15, 0.2) is 0 Å². The van der Waals surface area contributed by atoms with Crippen LogP contribution in [0, 0.1) is 13.8 Å². The van der Waals surface area contributed by atoms with Gasteiger partial charge >= 0.3 is 0 Å². The highest BCUT2D eigenvalue weighted by molar-refractivity contribution is 7.16. The van der Waals surface area contributed by atoms with Gasteiger partial charge in [-0.15, -0.1) is 11.3 Å². The van der Waals surface area contributed by atoms with Gasteiger partial charge in [-0.05, 0) is 36.1 Å². The quantitative estimate of drug-likeness (QED) is 0.557. The molecule has 0 aliphatic rings. The van der Waals surface area contributed by atoms with Crippen LogP contribution in [0.3, 0.4) is 0 Å². The summed E-state index contributed by atoms with van der Waals surface area (Å²) in [4.78, 5) is 2.78. The third-order valence-corrected chi connectivity index (χ3v) is 4.68. The van der Waals surface area contributed by atoms with E-state index in [9.17, 15) is 0 Å². The van der Waals surface area contributed by atoms with Crippen LogP contribution in [0.2, 0.25) is 0 Å². The van der Waals surface area contributed by atoms with Gasteiger partial charge in [0, 0.05) is 9.75 Å². The minimum absolute atomic E-state index is 1.32. The molecule has 0 fully saturated rings. The molecule has 0 nitrogen and oxygen atoms in total. The third kappa shape index (κ3) is 2.22. The first-order valence-corrected chi connectivity index (χ1v) is 7.30. The van der Waals surface area contributed by atoms with Crippen LogP contribution in [0.25, 0.3) is 21.6 Å². The lowest BCUT2D eigenvalue weighted by Crippen LogP contribution is -1.81. The molecule has 2 aromatic carbocycles. The Morgan fingerprint density at radius 1 is 0.684 bits per heavy atom. The number of benzene rings is 2. The van der Waals surface area contributed by atoms with Crippen molar-refractivity contribution in [2.45, 2.75) is 13.8 Å². The molecule has 0 N–H and O–H groups in total. The molecule has 0 spiro atoms. The Bertz CT molecular complexity index is 678. The molecular weight excluding hydrogens is 248 g/mol. The average molecular weight is 264 g/mol. The topological polar surface area (TPSA) is 0 Å². The van der Waals surface area contributed by atoms with Gasteiger partial charge in [0.1, 0.15) is 0 Å². The van der Waals surface area contributed by atoms with Crippen LogP contribution < -0.4 is 0 Å². The highest BCUT2D eigenvalue weighted by Gasteiger charge is 2.14.